The Kier molecular flexibility index (Phi) is 5.44. The van der Waals surface area contributed by atoms with Gasteiger partial charge in [-0.1, -0.05) is 24.3 Å². The minimum Gasteiger partial charge on any atom is -0.365 e. The molecule has 1 aliphatic rings. The fourth-order valence-electron chi connectivity index (χ4n) is 3.51. The second-order valence-electron chi connectivity index (χ2n) is 7.32. The summed E-state index contributed by atoms with van der Waals surface area (Å²) in [6.07, 6.45) is 2.31. The number of rotatable bonds is 7. The standard InChI is InChI=1S/C23H21N5O3/c1-14-6-4-7-15(12-14)26-21-18(20(24)29)13-25-19(27-21)10-5-11-28-22(30)16-8-2-3-9-17(16)23(28)31/h2-4,6-9,12-13H,5,10-11H2,1H3,(H2,24,29)(H,25,26,27). The average molecular weight is 415 g/mol. The van der Waals surface area contributed by atoms with E-state index in [0.29, 0.717) is 35.6 Å². The lowest BCUT2D eigenvalue weighted by molar-refractivity contribution is 0.0652. The molecule has 0 saturated carbocycles. The van der Waals surface area contributed by atoms with Crippen LogP contribution >= 0.6 is 0 Å². The molecule has 0 fully saturated rings. The Morgan fingerprint density at radius 3 is 2.42 bits per heavy atom. The maximum absolute atomic E-state index is 12.5. The van der Waals surface area contributed by atoms with Gasteiger partial charge < -0.3 is 11.1 Å². The molecule has 3 aromatic rings. The first kappa shape index (κ1) is 20.2. The van der Waals surface area contributed by atoms with Gasteiger partial charge in [0.05, 0.1) is 11.1 Å². The largest absolute Gasteiger partial charge is 0.365 e. The van der Waals surface area contributed by atoms with Gasteiger partial charge in [0, 0.05) is 24.8 Å². The third kappa shape index (κ3) is 4.13. The predicted molar refractivity (Wildman–Crippen MR) is 115 cm³/mol. The van der Waals surface area contributed by atoms with Crippen LogP contribution < -0.4 is 11.1 Å². The van der Waals surface area contributed by atoms with E-state index in [4.69, 9.17) is 5.73 Å². The van der Waals surface area contributed by atoms with Crippen molar-refractivity contribution < 1.29 is 14.4 Å². The van der Waals surface area contributed by atoms with Gasteiger partial charge in [-0.25, -0.2) is 9.97 Å². The van der Waals surface area contributed by atoms with Crippen molar-refractivity contribution >= 4 is 29.2 Å². The van der Waals surface area contributed by atoms with Gasteiger partial charge in [0.1, 0.15) is 17.2 Å². The van der Waals surface area contributed by atoms with Crippen molar-refractivity contribution in [3.63, 3.8) is 0 Å². The molecule has 0 unspecified atom stereocenters. The molecule has 156 valence electrons. The van der Waals surface area contributed by atoms with Crippen LogP contribution in [0.15, 0.2) is 54.7 Å². The topological polar surface area (TPSA) is 118 Å². The van der Waals surface area contributed by atoms with Crippen molar-refractivity contribution in [2.75, 3.05) is 11.9 Å². The Hall–Kier alpha value is -4.07. The van der Waals surface area contributed by atoms with Gasteiger partial charge in [0.15, 0.2) is 0 Å². The Bertz CT molecular complexity index is 1160. The van der Waals surface area contributed by atoms with E-state index in [9.17, 15) is 14.4 Å². The number of nitrogens with zero attached hydrogens (tertiary/aromatic N) is 3. The molecule has 1 aliphatic heterocycles. The lowest BCUT2D eigenvalue weighted by Crippen LogP contribution is -2.31. The minimum absolute atomic E-state index is 0.186. The average Bonchev–Trinajstić information content (AvgIpc) is 2.99. The van der Waals surface area contributed by atoms with E-state index in [1.165, 1.54) is 11.1 Å². The number of nitrogens with two attached hydrogens (primary N) is 1. The summed E-state index contributed by atoms with van der Waals surface area (Å²) in [6, 6.07) is 14.4. The van der Waals surface area contributed by atoms with Gasteiger partial charge >= 0.3 is 0 Å². The van der Waals surface area contributed by atoms with Gasteiger partial charge in [-0.15, -0.1) is 0 Å². The van der Waals surface area contributed by atoms with E-state index in [-0.39, 0.29) is 23.9 Å². The van der Waals surface area contributed by atoms with Crippen LogP contribution in [0.2, 0.25) is 0 Å². The highest BCUT2D eigenvalue weighted by atomic mass is 16.2. The summed E-state index contributed by atoms with van der Waals surface area (Å²) in [4.78, 5) is 46.6. The second-order valence-corrected chi connectivity index (χ2v) is 7.32. The molecule has 0 spiro atoms. The quantitative estimate of drug-likeness (QED) is 0.573. The molecule has 31 heavy (non-hydrogen) atoms. The molecular formula is C23H21N5O3. The SMILES string of the molecule is Cc1cccc(Nc2nc(CCCN3C(=O)c4ccccc4C3=O)ncc2C(N)=O)c1. The second kappa shape index (κ2) is 8.35. The van der Waals surface area contributed by atoms with Gasteiger partial charge in [-0.3, -0.25) is 19.3 Å². The Labute approximate surface area is 179 Å². The number of primary amides is 1. The summed E-state index contributed by atoms with van der Waals surface area (Å²) in [5.41, 5.74) is 8.34. The number of fused-ring (bicyclic) bond motifs is 1. The van der Waals surface area contributed by atoms with Crippen LogP contribution in [0.3, 0.4) is 0 Å². The molecule has 0 radical (unpaired) electrons. The molecular weight excluding hydrogens is 394 g/mol. The van der Waals surface area contributed by atoms with E-state index in [1.807, 2.05) is 31.2 Å². The number of amides is 3. The fourth-order valence-corrected chi connectivity index (χ4v) is 3.51. The smallest absolute Gasteiger partial charge is 0.261 e. The van der Waals surface area contributed by atoms with Crippen LogP contribution in [-0.4, -0.2) is 39.1 Å². The summed E-state index contributed by atoms with van der Waals surface area (Å²) in [6.45, 7) is 2.22. The lowest BCUT2D eigenvalue weighted by Gasteiger charge is -2.14. The van der Waals surface area contributed by atoms with Gasteiger partial charge in [-0.2, -0.15) is 0 Å². The zero-order chi connectivity index (χ0) is 22.0. The van der Waals surface area contributed by atoms with Crippen molar-refractivity contribution in [1.82, 2.24) is 14.9 Å². The third-order valence-electron chi connectivity index (χ3n) is 5.05. The zero-order valence-corrected chi connectivity index (χ0v) is 17.0. The van der Waals surface area contributed by atoms with E-state index in [1.54, 1.807) is 24.3 Å². The Morgan fingerprint density at radius 1 is 1.06 bits per heavy atom. The third-order valence-corrected chi connectivity index (χ3v) is 5.05. The molecule has 3 N–H and O–H groups in total. The number of benzene rings is 2. The highest BCUT2D eigenvalue weighted by Gasteiger charge is 2.34. The van der Waals surface area contributed by atoms with Crippen molar-refractivity contribution in [2.24, 2.45) is 5.73 Å². The molecule has 2 aromatic carbocycles. The number of nitrogens with one attached hydrogen (secondary N) is 1. The number of hydrogen-bond acceptors (Lipinski definition) is 6. The van der Waals surface area contributed by atoms with Gasteiger partial charge in [0.2, 0.25) is 0 Å². The number of anilines is 2. The van der Waals surface area contributed by atoms with Crippen LogP contribution in [0, 0.1) is 6.92 Å². The summed E-state index contributed by atoms with van der Waals surface area (Å²) < 4.78 is 0. The molecule has 0 atom stereocenters. The van der Waals surface area contributed by atoms with Crippen LogP contribution in [0.5, 0.6) is 0 Å². The minimum atomic E-state index is -0.632. The van der Waals surface area contributed by atoms with Crippen LogP contribution in [0.25, 0.3) is 0 Å². The fraction of sp³-hybridized carbons (Fsp3) is 0.174. The van der Waals surface area contributed by atoms with Gasteiger partial charge in [-0.05, 0) is 43.2 Å². The van der Waals surface area contributed by atoms with Crippen LogP contribution in [0.1, 0.15) is 48.9 Å². The lowest BCUT2D eigenvalue weighted by atomic mass is 10.1. The normalized spacial score (nSPS) is 12.7. The van der Waals surface area contributed by atoms with Gasteiger partial charge in [0.25, 0.3) is 17.7 Å². The number of carbonyl (C=O) groups is 3. The zero-order valence-electron chi connectivity index (χ0n) is 17.0. The molecule has 0 saturated heterocycles. The number of aryl methyl sites for hydroxylation is 2. The molecule has 0 bridgehead atoms. The number of imide groups is 1. The molecule has 1 aromatic heterocycles. The monoisotopic (exact) mass is 415 g/mol. The Morgan fingerprint density at radius 2 is 1.77 bits per heavy atom. The first-order valence-electron chi connectivity index (χ1n) is 9.88. The molecule has 2 heterocycles. The number of hydrogen-bond donors (Lipinski definition) is 2. The van der Waals surface area contributed by atoms with E-state index in [2.05, 4.69) is 15.3 Å². The van der Waals surface area contributed by atoms with E-state index in [0.717, 1.165) is 11.3 Å². The summed E-state index contributed by atoms with van der Waals surface area (Å²) in [5, 5.41) is 3.12. The van der Waals surface area contributed by atoms with Crippen LogP contribution in [0.4, 0.5) is 11.5 Å². The summed E-state index contributed by atoms with van der Waals surface area (Å²) in [7, 11) is 0. The van der Waals surface area contributed by atoms with E-state index < -0.39 is 5.91 Å². The van der Waals surface area contributed by atoms with E-state index >= 15 is 0 Å². The highest BCUT2D eigenvalue weighted by Crippen LogP contribution is 2.23. The molecule has 8 heteroatoms. The van der Waals surface area contributed by atoms with Crippen molar-refractivity contribution in [2.45, 2.75) is 19.8 Å². The first-order chi connectivity index (χ1) is 14.9. The summed E-state index contributed by atoms with van der Waals surface area (Å²) >= 11 is 0. The first-order valence-corrected chi connectivity index (χ1v) is 9.88. The molecule has 0 aliphatic carbocycles. The Balaban J connectivity index is 1.46. The number of carbonyl (C=O) groups excluding carboxylic acids is 3. The number of aromatic nitrogens is 2. The van der Waals surface area contributed by atoms with Crippen LogP contribution in [-0.2, 0) is 6.42 Å². The molecule has 3 amide bonds. The predicted octanol–water partition coefficient (Wildman–Crippen LogP) is 2.86. The molecule has 4 rings (SSSR count). The van der Waals surface area contributed by atoms with Crippen molar-refractivity contribution in [3.8, 4) is 0 Å². The maximum atomic E-state index is 12.5. The molecule has 8 nitrogen and oxygen atoms in total. The summed E-state index contributed by atoms with van der Waals surface area (Å²) in [5.74, 6) is -0.395. The van der Waals surface area contributed by atoms with Crippen molar-refractivity contribution in [1.29, 1.82) is 0 Å². The highest BCUT2D eigenvalue weighted by molar-refractivity contribution is 6.21. The maximum Gasteiger partial charge on any atom is 0.261 e. The van der Waals surface area contributed by atoms with Crippen molar-refractivity contribution in [3.05, 3.63) is 82.8 Å².